The Morgan fingerprint density at radius 3 is 2.61 bits per heavy atom. The Morgan fingerprint density at radius 2 is 1.89 bits per heavy atom. The van der Waals surface area contributed by atoms with Crippen molar-refractivity contribution in [3.05, 3.63) is 70.4 Å². The first kappa shape index (κ1) is 25.8. The highest BCUT2D eigenvalue weighted by atomic mass is 32.2. The fraction of sp³-hybridized carbons (Fsp3) is 0.393. The van der Waals surface area contributed by atoms with Crippen molar-refractivity contribution in [2.45, 2.75) is 65.1 Å². The Balaban J connectivity index is 1.71. The molecule has 1 aliphatic rings. The van der Waals surface area contributed by atoms with Gasteiger partial charge in [0.25, 0.3) is 5.91 Å². The molecule has 0 saturated heterocycles. The predicted octanol–water partition coefficient (Wildman–Crippen LogP) is 6.50. The molecule has 2 heterocycles. The van der Waals surface area contributed by atoms with E-state index < -0.39 is 6.04 Å². The van der Waals surface area contributed by atoms with E-state index in [1.807, 2.05) is 67.9 Å². The van der Waals surface area contributed by atoms with Crippen molar-refractivity contribution >= 4 is 29.3 Å². The first-order valence-corrected chi connectivity index (χ1v) is 13.6. The van der Waals surface area contributed by atoms with Crippen molar-refractivity contribution in [1.82, 2.24) is 14.8 Å². The molecule has 0 saturated carbocycles. The molecule has 3 aromatic rings. The van der Waals surface area contributed by atoms with Crippen molar-refractivity contribution in [2.75, 3.05) is 23.0 Å². The molecule has 0 radical (unpaired) electrons. The lowest BCUT2D eigenvalue weighted by Gasteiger charge is -2.29. The second-order valence-corrected chi connectivity index (χ2v) is 10.1. The maximum absolute atomic E-state index is 13.8. The van der Waals surface area contributed by atoms with Crippen LogP contribution in [0.3, 0.4) is 0 Å². The topological polar surface area (TPSA) is 81.1 Å². The Kier molecular flexibility index (Phi) is 8.36. The van der Waals surface area contributed by atoms with E-state index in [0.717, 1.165) is 58.8 Å². The molecule has 0 aliphatic carbocycles. The summed E-state index contributed by atoms with van der Waals surface area (Å²) in [7, 11) is 0. The van der Waals surface area contributed by atoms with Gasteiger partial charge in [0.1, 0.15) is 11.8 Å². The predicted molar refractivity (Wildman–Crippen MR) is 147 cm³/mol. The molecule has 8 heteroatoms. The number of nitrogens with zero attached hydrogens (tertiary/aromatic N) is 3. The standard InChI is InChI=1S/C28H35N5O2S/c1-6-8-16-35-22-14-12-21(13-15-22)25-24(26(34)30-23-11-9-10-18(3)19(23)4)20(5)29-27-31-28(32-33(25)27)36-17-7-2/h9-15,25H,6-8,16-17H2,1-5H3,(H,30,34)(H,29,31,32). The van der Waals surface area contributed by atoms with E-state index in [1.54, 1.807) is 11.8 Å². The van der Waals surface area contributed by atoms with E-state index in [0.29, 0.717) is 23.3 Å². The zero-order valence-corrected chi connectivity index (χ0v) is 22.5. The number of rotatable bonds is 10. The number of carbonyl (C=O) groups excluding carboxylic acids is 1. The number of allylic oxidation sites excluding steroid dienone is 1. The van der Waals surface area contributed by atoms with E-state index in [4.69, 9.17) is 14.8 Å². The lowest BCUT2D eigenvalue weighted by atomic mass is 9.94. The maximum Gasteiger partial charge on any atom is 0.255 e. The molecule has 190 valence electrons. The average molecular weight is 506 g/mol. The molecule has 2 aromatic carbocycles. The minimum atomic E-state index is -0.417. The lowest BCUT2D eigenvalue weighted by Crippen LogP contribution is -2.31. The molecule has 1 unspecified atom stereocenters. The monoisotopic (exact) mass is 505 g/mol. The SMILES string of the molecule is CCCCOc1ccc(C2C(C(=O)Nc3cccc(C)c3C)=C(C)Nc3nc(SCCC)nn32)cc1. The number of unbranched alkanes of at least 4 members (excludes halogenated alkanes) is 1. The average Bonchev–Trinajstić information content (AvgIpc) is 3.27. The molecule has 0 fully saturated rings. The molecule has 1 aliphatic heterocycles. The fourth-order valence-corrected chi connectivity index (χ4v) is 4.83. The third-order valence-corrected chi connectivity index (χ3v) is 7.37. The molecule has 7 nitrogen and oxygen atoms in total. The van der Waals surface area contributed by atoms with E-state index >= 15 is 0 Å². The molecule has 4 rings (SSSR count). The number of nitrogens with one attached hydrogen (secondary N) is 2. The van der Waals surface area contributed by atoms with Crippen LogP contribution < -0.4 is 15.4 Å². The number of aryl methyl sites for hydroxylation is 1. The smallest absolute Gasteiger partial charge is 0.255 e. The number of thioether (sulfide) groups is 1. The van der Waals surface area contributed by atoms with Crippen LogP contribution in [0.5, 0.6) is 5.75 Å². The highest BCUT2D eigenvalue weighted by molar-refractivity contribution is 7.99. The minimum Gasteiger partial charge on any atom is -0.494 e. The van der Waals surface area contributed by atoms with Gasteiger partial charge in [-0.05, 0) is 68.5 Å². The summed E-state index contributed by atoms with van der Waals surface area (Å²) in [5.74, 6) is 2.24. The van der Waals surface area contributed by atoms with Crippen LogP contribution in [0.25, 0.3) is 0 Å². The van der Waals surface area contributed by atoms with Gasteiger partial charge in [0, 0.05) is 17.1 Å². The van der Waals surface area contributed by atoms with Gasteiger partial charge in [-0.3, -0.25) is 4.79 Å². The van der Waals surface area contributed by atoms with Gasteiger partial charge in [-0.2, -0.15) is 4.98 Å². The molecule has 2 N–H and O–H groups in total. The minimum absolute atomic E-state index is 0.161. The van der Waals surface area contributed by atoms with E-state index in [-0.39, 0.29) is 5.91 Å². The summed E-state index contributed by atoms with van der Waals surface area (Å²) in [4.78, 5) is 18.5. The van der Waals surface area contributed by atoms with Gasteiger partial charge in [-0.15, -0.1) is 5.10 Å². The zero-order valence-electron chi connectivity index (χ0n) is 21.7. The third-order valence-electron chi connectivity index (χ3n) is 6.33. The van der Waals surface area contributed by atoms with Gasteiger partial charge in [-0.25, -0.2) is 4.68 Å². The molecular weight excluding hydrogens is 470 g/mol. The van der Waals surface area contributed by atoms with Crippen molar-refractivity contribution in [1.29, 1.82) is 0 Å². The van der Waals surface area contributed by atoms with Crippen LogP contribution in [0.4, 0.5) is 11.6 Å². The summed E-state index contributed by atoms with van der Waals surface area (Å²) in [6.07, 6.45) is 3.14. The Morgan fingerprint density at radius 1 is 1.11 bits per heavy atom. The van der Waals surface area contributed by atoms with Gasteiger partial charge < -0.3 is 15.4 Å². The number of hydrogen-bond donors (Lipinski definition) is 2. The number of aromatic nitrogens is 3. The molecule has 1 amide bonds. The summed E-state index contributed by atoms with van der Waals surface area (Å²) < 4.78 is 7.69. The van der Waals surface area contributed by atoms with Crippen LogP contribution in [0.2, 0.25) is 0 Å². The highest BCUT2D eigenvalue weighted by Crippen LogP contribution is 2.37. The highest BCUT2D eigenvalue weighted by Gasteiger charge is 2.34. The van der Waals surface area contributed by atoms with Crippen LogP contribution in [0.15, 0.2) is 58.9 Å². The largest absolute Gasteiger partial charge is 0.494 e. The van der Waals surface area contributed by atoms with Crippen LogP contribution >= 0.6 is 11.8 Å². The van der Waals surface area contributed by atoms with Crippen LogP contribution in [0.1, 0.15) is 62.8 Å². The summed E-state index contributed by atoms with van der Waals surface area (Å²) >= 11 is 1.62. The van der Waals surface area contributed by atoms with Gasteiger partial charge in [0.15, 0.2) is 0 Å². The Labute approximate surface area is 217 Å². The molecule has 1 atom stereocenters. The summed E-state index contributed by atoms with van der Waals surface area (Å²) in [5, 5.41) is 12.0. The molecule has 1 aromatic heterocycles. The molecule has 36 heavy (non-hydrogen) atoms. The number of ether oxygens (including phenoxy) is 1. The second-order valence-electron chi connectivity index (χ2n) is 9.05. The van der Waals surface area contributed by atoms with Crippen LogP contribution in [-0.2, 0) is 4.79 Å². The maximum atomic E-state index is 13.8. The second kappa shape index (κ2) is 11.6. The van der Waals surface area contributed by atoms with Crippen molar-refractivity contribution in [3.8, 4) is 5.75 Å². The van der Waals surface area contributed by atoms with Gasteiger partial charge in [0.05, 0.1) is 12.2 Å². The molecular formula is C28H35N5O2S. The number of carbonyl (C=O) groups is 1. The summed E-state index contributed by atoms with van der Waals surface area (Å²) in [6, 6.07) is 13.5. The number of hydrogen-bond acceptors (Lipinski definition) is 6. The number of anilines is 2. The van der Waals surface area contributed by atoms with Crippen molar-refractivity contribution < 1.29 is 9.53 Å². The van der Waals surface area contributed by atoms with Crippen LogP contribution in [-0.4, -0.2) is 33.0 Å². The van der Waals surface area contributed by atoms with Crippen LogP contribution in [0, 0.1) is 13.8 Å². The Bertz CT molecular complexity index is 1250. The first-order chi connectivity index (χ1) is 17.4. The lowest BCUT2D eigenvalue weighted by molar-refractivity contribution is -0.113. The van der Waals surface area contributed by atoms with Crippen molar-refractivity contribution in [3.63, 3.8) is 0 Å². The normalized spacial score (nSPS) is 14.9. The zero-order chi connectivity index (χ0) is 25.7. The van der Waals surface area contributed by atoms with Gasteiger partial charge in [0.2, 0.25) is 11.1 Å². The molecule has 0 spiro atoms. The Hall–Kier alpha value is -3.26. The van der Waals surface area contributed by atoms with E-state index in [2.05, 4.69) is 24.5 Å². The number of benzene rings is 2. The van der Waals surface area contributed by atoms with E-state index in [9.17, 15) is 4.79 Å². The third kappa shape index (κ3) is 5.59. The van der Waals surface area contributed by atoms with Gasteiger partial charge in [-0.1, -0.05) is 56.3 Å². The van der Waals surface area contributed by atoms with Gasteiger partial charge >= 0.3 is 0 Å². The fourth-order valence-electron chi connectivity index (χ4n) is 4.15. The van der Waals surface area contributed by atoms with E-state index in [1.165, 1.54) is 0 Å². The number of amides is 1. The molecule has 0 bridgehead atoms. The summed E-state index contributed by atoms with van der Waals surface area (Å²) in [6.45, 7) is 11.0. The van der Waals surface area contributed by atoms with Crippen molar-refractivity contribution in [2.24, 2.45) is 0 Å². The first-order valence-electron chi connectivity index (χ1n) is 12.6. The number of fused-ring (bicyclic) bond motifs is 1. The summed E-state index contributed by atoms with van der Waals surface area (Å²) in [5.41, 5.74) is 5.31. The quantitative estimate of drug-likeness (QED) is 0.242.